The topological polar surface area (TPSA) is 12.9 Å². The summed E-state index contributed by atoms with van der Waals surface area (Å²) >= 11 is 5.98. The highest BCUT2D eigenvalue weighted by atomic mass is 35.5. The first kappa shape index (κ1) is 13.1. The molecule has 0 fully saturated rings. The summed E-state index contributed by atoms with van der Waals surface area (Å²) in [4.78, 5) is 4.12. The van der Waals surface area contributed by atoms with E-state index in [1.165, 1.54) is 6.07 Å². The summed E-state index contributed by atoms with van der Waals surface area (Å²) in [6.07, 6.45) is -2.76. The van der Waals surface area contributed by atoms with Crippen molar-refractivity contribution in [1.29, 1.82) is 0 Å². The van der Waals surface area contributed by atoms with Crippen LogP contribution in [0.3, 0.4) is 0 Å². The van der Waals surface area contributed by atoms with Gasteiger partial charge in [-0.25, -0.2) is 4.98 Å². The zero-order chi connectivity index (χ0) is 13.3. The first-order valence-corrected chi connectivity index (χ1v) is 5.96. The summed E-state index contributed by atoms with van der Waals surface area (Å²) in [5, 5.41) is 0.835. The summed E-state index contributed by atoms with van der Waals surface area (Å²) in [5.41, 5.74) is 0.598. The lowest BCUT2D eigenvalue weighted by atomic mass is 10.1. The van der Waals surface area contributed by atoms with E-state index < -0.39 is 11.7 Å². The van der Waals surface area contributed by atoms with Crippen molar-refractivity contribution in [1.82, 2.24) is 4.98 Å². The zero-order valence-electron chi connectivity index (χ0n) is 9.68. The van der Waals surface area contributed by atoms with Crippen LogP contribution in [-0.2, 0) is 12.6 Å². The molecule has 18 heavy (non-hydrogen) atoms. The molecule has 0 aliphatic rings. The minimum atomic E-state index is -4.33. The second-order valence-electron chi connectivity index (χ2n) is 4.09. The second kappa shape index (κ2) is 4.76. The van der Waals surface area contributed by atoms with Gasteiger partial charge < -0.3 is 0 Å². The molecule has 0 bridgehead atoms. The van der Waals surface area contributed by atoms with Crippen molar-refractivity contribution >= 4 is 22.5 Å². The Kier molecular flexibility index (Phi) is 3.48. The van der Waals surface area contributed by atoms with E-state index in [0.29, 0.717) is 22.5 Å². The fourth-order valence-electron chi connectivity index (χ4n) is 1.82. The van der Waals surface area contributed by atoms with Gasteiger partial charge in [0.25, 0.3) is 0 Å². The number of pyridine rings is 1. The van der Waals surface area contributed by atoms with E-state index in [1.54, 1.807) is 6.07 Å². The van der Waals surface area contributed by atoms with Gasteiger partial charge >= 0.3 is 6.18 Å². The lowest BCUT2D eigenvalue weighted by Crippen LogP contribution is -2.04. The predicted octanol–water partition coefficient (Wildman–Crippen LogP) is 4.86. The third-order valence-electron chi connectivity index (χ3n) is 2.69. The number of aromatic nitrogens is 1. The number of rotatable bonds is 2. The van der Waals surface area contributed by atoms with Gasteiger partial charge in [-0.05, 0) is 36.2 Å². The number of hydrogen-bond donors (Lipinski definition) is 0. The van der Waals surface area contributed by atoms with E-state index >= 15 is 0 Å². The SMILES string of the molecule is CCCc1cc2cc(C(F)(F)F)ccc2nc1Cl. The third-order valence-corrected chi connectivity index (χ3v) is 3.01. The van der Waals surface area contributed by atoms with E-state index in [9.17, 15) is 13.2 Å². The molecule has 1 aromatic heterocycles. The fraction of sp³-hybridized carbons (Fsp3) is 0.308. The minimum Gasteiger partial charge on any atom is -0.236 e. The molecule has 0 spiro atoms. The Morgan fingerprint density at radius 2 is 1.94 bits per heavy atom. The van der Waals surface area contributed by atoms with E-state index in [0.717, 1.165) is 24.1 Å². The molecule has 0 amide bonds. The average molecular weight is 274 g/mol. The van der Waals surface area contributed by atoms with Crippen molar-refractivity contribution < 1.29 is 13.2 Å². The highest BCUT2D eigenvalue weighted by molar-refractivity contribution is 6.30. The third kappa shape index (κ3) is 2.58. The molecule has 0 saturated carbocycles. The Labute approximate surface area is 108 Å². The Hall–Kier alpha value is -1.29. The van der Waals surface area contributed by atoms with Crippen LogP contribution in [-0.4, -0.2) is 4.98 Å². The van der Waals surface area contributed by atoms with Crippen molar-refractivity contribution in [2.75, 3.05) is 0 Å². The summed E-state index contributed by atoms with van der Waals surface area (Å²) < 4.78 is 37.8. The van der Waals surface area contributed by atoms with Gasteiger partial charge in [0.2, 0.25) is 0 Å². The highest BCUT2D eigenvalue weighted by Gasteiger charge is 2.30. The van der Waals surface area contributed by atoms with Gasteiger partial charge in [-0.1, -0.05) is 24.9 Å². The van der Waals surface area contributed by atoms with Gasteiger partial charge in [0, 0.05) is 5.39 Å². The lowest BCUT2D eigenvalue weighted by molar-refractivity contribution is -0.137. The maximum atomic E-state index is 12.6. The molecule has 0 radical (unpaired) electrons. The van der Waals surface area contributed by atoms with E-state index in [2.05, 4.69) is 4.98 Å². The van der Waals surface area contributed by atoms with Crippen molar-refractivity contribution in [3.8, 4) is 0 Å². The van der Waals surface area contributed by atoms with E-state index in [1.807, 2.05) is 6.92 Å². The van der Waals surface area contributed by atoms with Gasteiger partial charge in [0.05, 0.1) is 11.1 Å². The van der Waals surface area contributed by atoms with Crippen LogP contribution in [0.25, 0.3) is 10.9 Å². The van der Waals surface area contributed by atoms with E-state index in [4.69, 9.17) is 11.6 Å². The molecule has 5 heteroatoms. The molecule has 0 N–H and O–H groups in total. The molecule has 2 aromatic rings. The Balaban J connectivity index is 2.58. The largest absolute Gasteiger partial charge is 0.416 e. The number of aryl methyl sites for hydroxylation is 1. The van der Waals surface area contributed by atoms with Crippen LogP contribution in [0.1, 0.15) is 24.5 Å². The number of benzene rings is 1. The summed E-state index contributed by atoms with van der Waals surface area (Å²) in [5.74, 6) is 0. The molecule has 0 unspecified atom stereocenters. The first-order valence-electron chi connectivity index (χ1n) is 5.58. The monoisotopic (exact) mass is 273 g/mol. The molecule has 1 nitrogen and oxygen atoms in total. The maximum absolute atomic E-state index is 12.6. The molecule has 1 aromatic carbocycles. The summed E-state index contributed by atoms with van der Waals surface area (Å²) in [6.45, 7) is 1.98. The van der Waals surface area contributed by atoms with Gasteiger partial charge in [-0.2, -0.15) is 13.2 Å². The molecule has 0 atom stereocenters. The van der Waals surface area contributed by atoms with Gasteiger partial charge in [0.1, 0.15) is 5.15 Å². The quantitative estimate of drug-likeness (QED) is 0.712. The van der Waals surface area contributed by atoms with Gasteiger partial charge in [-0.15, -0.1) is 0 Å². The zero-order valence-corrected chi connectivity index (χ0v) is 10.4. The molecule has 0 aliphatic carbocycles. The number of halogens is 4. The molecule has 1 heterocycles. The van der Waals surface area contributed by atoms with Crippen molar-refractivity contribution in [3.05, 3.63) is 40.5 Å². The summed E-state index contributed by atoms with van der Waals surface area (Å²) in [7, 11) is 0. The Morgan fingerprint density at radius 3 is 2.56 bits per heavy atom. The molecule has 96 valence electrons. The minimum absolute atomic E-state index is 0.365. The lowest BCUT2D eigenvalue weighted by Gasteiger charge is -2.09. The second-order valence-corrected chi connectivity index (χ2v) is 4.45. The van der Waals surface area contributed by atoms with Gasteiger partial charge in [0.15, 0.2) is 0 Å². The van der Waals surface area contributed by atoms with Crippen LogP contribution in [0, 0.1) is 0 Å². The van der Waals surface area contributed by atoms with Crippen LogP contribution < -0.4 is 0 Å². The number of fused-ring (bicyclic) bond motifs is 1. The fourth-order valence-corrected chi connectivity index (χ4v) is 2.06. The first-order chi connectivity index (χ1) is 8.41. The number of nitrogens with zero attached hydrogens (tertiary/aromatic N) is 1. The maximum Gasteiger partial charge on any atom is 0.416 e. The normalized spacial score (nSPS) is 12.1. The average Bonchev–Trinajstić information content (AvgIpc) is 2.28. The van der Waals surface area contributed by atoms with Crippen LogP contribution in [0.2, 0.25) is 5.15 Å². The molecular formula is C13H11ClF3N. The van der Waals surface area contributed by atoms with Crippen LogP contribution in [0.4, 0.5) is 13.2 Å². The molecule has 0 aliphatic heterocycles. The Bertz CT molecular complexity index is 578. The van der Waals surface area contributed by atoms with Crippen LogP contribution in [0.5, 0.6) is 0 Å². The smallest absolute Gasteiger partial charge is 0.236 e. The molecule has 0 saturated heterocycles. The standard InChI is InChI=1S/C13H11ClF3N/c1-2-3-8-6-9-7-10(13(15,16)17)4-5-11(9)18-12(8)14/h4-7H,2-3H2,1H3. The van der Waals surface area contributed by atoms with E-state index in [-0.39, 0.29) is 0 Å². The Morgan fingerprint density at radius 1 is 1.22 bits per heavy atom. The predicted molar refractivity (Wildman–Crippen MR) is 65.8 cm³/mol. The number of hydrogen-bond acceptors (Lipinski definition) is 1. The van der Waals surface area contributed by atoms with Crippen molar-refractivity contribution in [3.63, 3.8) is 0 Å². The molecular weight excluding hydrogens is 263 g/mol. The highest BCUT2D eigenvalue weighted by Crippen LogP contribution is 2.32. The van der Waals surface area contributed by atoms with Crippen LogP contribution >= 0.6 is 11.6 Å². The van der Waals surface area contributed by atoms with Gasteiger partial charge in [-0.3, -0.25) is 0 Å². The van der Waals surface area contributed by atoms with Crippen molar-refractivity contribution in [2.45, 2.75) is 25.9 Å². The van der Waals surface area contributed by atoms with Crippen molar-refractivity contribution in [2.24, 2.45) is 0 Å². The number of alkyl halides is 3. The summed E-state index contributed by atoms with van der Waals surface area (Å²) in [6, 6.07) is 5.16. The van der Waals surface area contributed by atoms with Crippen LogP contribution in [0.15, 0.2) is 24.3 Å². The molecule has 2 rings (SSSR count).